The van der Waals surface area contributed by atoms with Crippen LogP contribution >= 0.6 is 0 Å². The normalized spacial score (nSPS) is 19.9. The molecule has 1 aliphatic heterocycles. The first kappa shape index (κ1) is 23.4. The summed E-state index contributed by atoms with van der Waals surface area (Å²) in [6.07, 6.45) is 0.466. The lowest BCUT2D eigenvalue weighted by Gasteiger charge is -2.37. The van der Waals surface area contributed by atoms with Crippen molar-refractivity contribution in [1.29, 1.82) is 0 Å². The summed E-state index contributed by atoms with van der Waals surface area (Å²) in [7, 11) is -3.42. The Balaban J connectivity index is 1.61. The number of nitrogens with zero attached hydrogens (tertiary/aromatic N) is 1. The molecular formula is C24H35N3O3S. The van der Waals surface area contributed by atoms with Crippen LogP contribution in [-0.4, -0.2) is 38.5 Å². The summed E-state index contributed by atoms with van der Waals surface area (Å²) in [6, 6.07) is 13.9. The number of benzene rings is 2. The second-order valence-electron chi connectivity index (χ2n) is 9.43. The van der Waals surface area contributed by atoms with Gasteiger partial charge in [0.25, 0.3) is 0 Å². The average Bonchev–Trinajstić information content (AvgIpc) is 2.65. The van der Waals surface area contributed by atoms with Crippen molar-refractivity contribution in [3.05, 3.63) is 53.6 Å². The van der Waals surface area contributed by atoms with E-state index in [1.807, 2.05) is 12.1 Å². The maximum atomic E-state index is 12.3. The fraction of sp³-hybridized carbons (Fsp3) is 0.500. The molecule has 2 aromatic carbocycles. The molecule has 31 heavy (non-hydrogen) atoms. The lowest BCUT2D eigenvalue weighted by Crippen LogP contribution is -2.45. The molecule has 7 heteroatoms. The van der Waals surface area contributed by atoms with Gasteiger partial charge in [0.15, 0.2) is 0 Å². The van der Waals surface area contributed by atoms with E-state index in [0.29, 0.717) is 12.2 Å². The Morgan fingerprint density at radius 1 is 1.00 bits per heavy atom. The lowest BCUT2D eigenvalue weighted by molar-refractivity contribution is -0.00524. The molecular weight excluding hydrogens is 410 g/mol. The van der Waals surface area contributed by atoms with Gasteiger partial charge in [0, 0.05) is 36.7 Å². The lowest BCUT2D eigenvalue weighted by atomic mass is 10.1. The number of sulfonamides is 1. The molecule has 1 saturated heterocycles. The first-order chi connectivity index (χ1) is 14.4. The molecule has 1 fully saturated rings. The quantitative estimate of drug-likeness (QED) is 0.671. The highest BCUT2D eigenvalue weighted by Gasteiger charge is 2.28. The molecule has 2 N–H and O–H groups in total. The van der Waals surface area contributed by atoms with Gasteiger partial charge < -0.3 is 15.0 Å². The second-order valence-corrected chi connectivity index (χ2v) is 11.9. The molecule has 0 radical (unpaired) electrons. The number of ether oxygens (including phenoxy) is 1. The molecule has 6 nitrogen and oxygen atoms in total. The van der Waals surface area contributed by atoms with Crippen LogP contribution in [0.5, 0.6) is 0 Å². The van der Waals surface area contributed by atoms with Crippen molar-refractivity contribution in [2.45, 2.75) is 65.0 Å². The Morgan fingerprint density at radius 3 is 2.13 bits per heavy atom. The summed E-state index contributed by atoms with van der Waals surface area (Å²) < 4.78 is 32.2. The van der Waals surface area contributed by atoms with E-state index < -0.39 is 14.8 Å². The summed E-state index contributed by atoms with van der Waals surface area (Å²) in [4.78, 5) is 2.40. The van der Waals surface area contributed by atoms with E-state index in [1.54, 1.807) is 32.9 Å². The molecule has 1 heterocycles. The molecule has 0 aliphatic carbocycles. The fourth-order valence-electron chi connectivity index (χ4n) is 3.70. The molecule has 2 atom stereocenters. The van der Waals surface area contributed by atoms with Gasteiger partial charge in [-0.3, -0.25) is 4.72 Å². The molecule has 0 unspecified atom stereocenters. The van der Waals surface area contributed by atoms with Gasteiger partial charge in [-0.05, 0) is 83.0 Å². The zero-order valence-corrected chi connectivity index (χ0v) is 20.2. The number of hydrogen-bond donors (Lipinski definition) is 2. The predicted molar refractivity (Wildman–Crippen MR) is 129 cm³/mol. The van der Waals surface area contributed by atoms with Crippen LogP contribution in [0.1, 0.15) is 45.7 Å². The molecule has 0 bridgehead atoms. The standard InChI is InChI=1S/C24H35N3O3S/c1-17-13-22(11-12-23(17)27-15-18(2)30-19(3)16-27)25-14-20-7-9-21(10-8-20)26-31(28,29)24(4,5)6/h7-13,18-19,25-26H,14-16H2,1-6H3/t18-,19+. The number of anilines is 3. The second kappa shape index (κ2) is 9.09. The van der Waals surface area contributed by atoms with E-state index in [1.165, 1.54) is 11.3 Å². The molecule has 1 aliphatic rings. The summed E-state index contributed by atoms with van der Waals surface area (Å²) in [6.45, 7) is 13.9. The van der Waals surface area contributed by atoms with E-state index in [4.69, 9.17) is 4.74 Å². The fourth-order valence-corrected chi connectivity index (χ4v) is 4.45. The molecule has 0 saturated carbocycles. The Bertz CT molecular complexity index is 988. The van der Waals surface area contributed by atoms with Gasteiger partial charge in [-0.2, -0.15) is 0 Å². The Morgan fingerprint density at radius 2 is 1.58 bits per heavy atom. The minimum absolute atomic E-state index is 0.233. The highest BCUT2D eigenvalue weighted by Crippen LogP contribution is 2.27. The van der Waals surface area contributed by atoms with Crippen molar-refractivity contribution >= 4 is 27.1 Å². The van der Waals surface area contributed by atoms with Gasteiger partial charge in [0.1, 0.15) is 0 Å². The third-order valence-electron chi connectivity index (χ3n) is 5.47. The summed E-state index contributed by atoms with van der Waals surface area (Å²) >= 11 is 0. The van der Waals surface area contributed by atoms with E-state index in [9.17, 15) is 8.42 Å². The van der Waals surface area contributed by atoms with Crippen LogP contribution in [0.3, 0.4) is 0 Å². The molecule has 0 aromatic heterocycles. The predicted octanol–water partition coefficient (Wildman–Crippen LogP) is 4.76. The van der Waals surface area contributed by atoms with Crippen molar-refractivity contribution < 1.29 is 13.2 Å². The Labute approximate surface area is 187 Å². The van der Waals surface area contributed by atoms with E-state index >= 15 is 0 Å². The number of morpholine rings is 1. The van der Waals surface area contributed by atoms with E-state index in [-0.39, 0.29) is 12.2 Å². The van der Waals surface area contributed by atoms with Gasteiger partial charge in [-0.1, -0.05) is 12.1 Å². The van der Waals surface area contributed by atoms with Crippen LogP contribution in [0.4, 0.5) is 17.1 Å². The molecule has 0 spiro atoms. The van der Waals surface area contributed by atoms with E-state index in [0.717, 1.165) is 24.3 Å². The van der Waals surface area contributed by atoms with Crippen molar-refractivity contribution in [2.75, 3.05) is 28.0 Å². The van der Waals surface area contributed by atoms with E-state index in [2.05, 4.69) is 53.9 Å². The number of hydrogen-bond acceptors (Lipinski definition) is 5. The van der Waals surface area contributed by atoms with Crippen molar-refractivity contribution in [3.8, 4) is 0 Å². The van der Waals surface area contributed by atoms with Gasteiger partial charge in [0.05, 0.1) is 17.0 Å². The topological polar surface area (TPSA) is 70.7 Å². The number of nitrogens with one attached hydrogen (secondary N) is 2. The minimum atomic E-state index is -3.42. The zero-order chi connectivity index (χ0) is 22.8. The first-order valence-corrected chi connectivity index (χ1v) is 12.3. The smallest absolute Gasteiger partial charge is 0.237 e. The summed E-state index contributed by atoms with van der Waals surface area (Å²) in [5.41, 5.74) is 5.21. The largest absolute Gasteiger partial charge is 0.381 e. The molecule has 0 amide bonds. The van der Waals surface area contributed by atoms with Gasteiger partial charge in [0.2, 0.25) is 10.0 Å². The van der Waals surface area contributed by atoms with Gasteiger partial charge >= 0.3 is 0 Å². The van der Waals surface area contributed by atoms with Crippen LogP contribution < -0.4 is 14.9 Å². The Kier molecular flexibility index (Phi) is 6.86. The maximum absolute atomic E-state index is 12.3. The van der Waals surface area contributed by atoms with Crippen LogP contribution in [0.15, 0.2) is 42.5 Å². The van der Waals surface area contributed by atoms with Crippen molar-refractivity contribution in [1.82, 2.24) is 0 Å². The SMILES string of the molecule is Cc1cc(NCc2ccc(NS(=O)(=O)C(C)(C)C)cc2)ccc1N1C[C@@H](C)O[C@@H](C)C1. The Hall–Kier alpha value is -2.25. The maximum Gasteiger partial charge on any atom is 0.237 e. The van der Waals surface area contributed by atoms with Gasteiger partial charge in [-0.15, -0.1) is 0 Å². The molecule has 170 valence electrons. The third-order valence-corrected chi connectivity index (χ3v) is 7.58. The highest BCUT2D eigenvalue weighted by molar-refractivity contribution is 7.94. The molecule has 3 rings (SSSR count). The van der Waals surface area contributed by atoms with Crippen LogP contribution in [0, 0.1) is 6.92 Å². The van der Waals surface area contributed by atoms with Gasteiger partial charge in [-0.25, -0.2) is 8.42 Å². The third kappa shape index (κ3) is 5.92. The molecule has 2 aromatic rings. The number of rotatable bonds is 6. The van der Waals surface area contributed by atoms with Crippen molar-refractivity contribution in [2.24, 2.45) is 0 Å². The zero-order valence-electron chi connectivity index (χ0n) is 19.4. The number of aryl methyl sites for hydroxylation is 1. The summed E-state index contributed by atoms with van der Waals surface area (Å²) in [5, 5.41) is 3.46. The average molecular weight is 446 g/mol. The first-order valence-electron chi connectivity index (χ1n) is 10.8. The summed E-state index contributed by atoms with van der Waals surface area (Å²) in [5.74, 6) is 0. The highest BCUT2D eigenvalue weighted by atomic mass is 32.2. The van der Waals surface area contributed by atoms with Crippen LogP contribution in [0.2, 0.25) is 0 Å². The van der Waals surface area contributed by atoms with Crippen molar-refractivity contribution in [3.63, 3.8) is 0 Å². The van der Waals surface area contributed by atoms with Crippen LogP contribution in [0.25, 0.3) is 0 Å². The monoisotopic (exact) mass is 445 g/mol. The van der Waals surface area contributed by atoms with Crippen LogP contribution in [-0.2, 0) is 21.3 Å². The minimum Gasteiger partial charge on any atom is -0.381 e.